The fourth-order valence-corrected chi connectivity index (χ4v) is 1.64. The van der Waals surface area contributed by atoms with Gasteiger partial charge in [-0.25, -0.2) is 0 Å². The van der Waals surface area contributed by atoms with Crippen LogP contribution in [0.3, 0.4) is 0 Å². The molecule has 5 nitrogen and oxygen atoms in total. The SMILES string of the molecule is Cc1cc(Cn2nccc2CN)n(C)n1. The number of aromatic nitrogens is 4. The molecule has 0 aromatic carbocycles. The van der Waals surface area contributed by atoms with Crippen molar-refractivity contribution in [1.82, 2.24) is 19.6 Å². The molecule has 2 rings (SSSR count). The Kier molecular flexibility index (Phi) is 2.55. The molecule has 0 radical (unpaired) electrons. The number of rotatable bonds is 3. The van der Waals surface area contributed by atoms with Gasteiger partial charge >= 0.3 is 0 Å². The van der Waals surface area contributed by atoms with Crippen LogP contribution in [0.2, 0.25) is 0 Å². The predicted octanol–water partition coefficient (Wildman–Crippen LogP) is 0.432. The van der Waals surface area contributed by atoms with Crippen LogP contribution in [0.25, 0.3) is 0 Å². The predicted molar refractivity (Wildman–Crippen MR) is 57.2 cm³/mol. The molecule has 0 aliphatic rings. The molecule has 0 saturated carbocycles. The lowest BCUT2D eigenvalue weighted by Gasteiger charge is -2.05. The van der Waals surface area contributed by atoms with Gasteiger partial charge in [-0.2, -0.15) is 10.2 Å². The Morgan fingerprint density at radius 2 is 2.20 bits per heavy atom. The molecular weight excluding hydrogens is 190 g/mol. The molecule has 0 saturated heterocycles. The summed E-state index contributed by atoms with van der Waals surface area (Å²) in [5.74, 6) is 0. The zero-order valence-corrected chi connectivity index (χ0v) is 9.01. The fraction of sp³-hybridized carbons (Fsp3) is 0.400. The van der Waals surface area contributed by atoms with Gasteiger partial charge < -0.3 is 5.73 Å². The highest BCUT2D eigenvalue weighted by Gasteiger charge is 2.05. The van der Waals surface area contributed by atoms with Crippen molar-refractivity contribution in [3.8, 4) is 0 Å². The second-order valence-electron chi connectivity index (χ2n) is 3.58. The zero-order valence-electron chi connectivity index (χ0n) is 9.01. The maximum absolute atomic E-state index is 5.61. The van der Waals surface area contributed by atoms with E-state index in [9.17, 15) is 0 Å². The van der Waals surface area contributed by atoms with Crippen molar-refractivity contribution in [3.05, 3.63) is 35.4 Å². The van der Waals surface area contributed by atoms with Crippen LogP contribution in [0.15, 0.2) is 18.3 Å². The molecule has 0 fully saturated rings. The zero-order chi connectivity index (χ0) is 10.8. The molecule has 2 N–H and O–H groups in total. The van der Waals surface area contributed by atoms with Crippen molar-refractivity contribution in [2.45, 2.75) is 20.0 Å². The highest BCUT2D eigenvalue weighted by molar-refractivity contribution is 5.10. The number of aryl methyl sites for hydroxylation is 2. The summed E-state index contributed by atoms with van der Waals surface area (Å²) >= 11 is 0. The van der Waals surface area contributed by atoms with Crippen LogP contribution in [0.1, 0.15) is 17.1 Å². The van der Waals surface area contributed by atoms with Crippen molar-refractivity contribution in [1.29, 1.82) is 0 Å². The lowest BCUT2D eigenvalue weighted by molar-refractivity contribution is 0.596. The lowest BCUT2D eigenvalue weighted by atomic mass is 10.3. The van der Waals surface area contributed by atoms with Crippen molar-refractivity contribution in [3.63, 3.8) is 0 Å². The summed E-state index contributed by atoms with van der Waals surface area (Å²) in [5.41, 5.74) is 8.80. The monoisotopic (exact) mass is 205 g/mol. The van der Waals surface area contributed by atoms with Crippen molar-refractivity contribution in [2.24, 2.45) is 12.8 Å². The van der Waals surface area contributed by atoms with E-state index in [4.69, 9.17) is 5.73 Å². The first-order valence-corrected chi connectivity index (χ1v) is 4.91. The largest absolute Gasteiger partial charge is 0.325 e. The average molecular weight is 205 g/mol. The molecule has 0 atom stereocenters. The third-order valence-electron chi connectivity index (χ3n) is 2.42. The third-order valence-corrected chi connectivity index (χ3v) is 2.42. The van der Waals surface area contributed by atoms with Crippen LogP contribution in [-0.2, 0) is 20.1 Å². The standard InChI is InChI=1S/C10H15N5/c1-8-5-10(14(2)13-8)7-15-9(6-11)3-4-12-15/h3-5H,6-7,11H2,1-2H3. The first-order valence-electron chi connectivity index (χ1n) is 4.91. The van der Waals surface area contributed by atoms with E-state index in [1.807, 2.05) is 29.4 Å². The molecule has 0 unspecified atom stereocenters. The van der Waals surface area contributed by atoms with Gasteiger partial charge in [-0.15, -0.1) is 0 Å². The van der Waals surface area contributed by atoms with Gasteiger partial charge in [0.15, 0.2) is 0 Å². The Morgan fingerprint density at radius 1 is 1.40 bits per heavy atom. The molecule has 0 bridgehead atoms. The summed E-state index contributed by atoms with van der Waals surface area (Å²) in [5, 5.41) is 8.52. The fourth-order valence-electron chi connectivity index (χ4n) is 1.64. The van der Waals surface area contributed by atoms with E-state index in [1.54, 1.807) is 6.20 Å². The molecule has 15 heavy (non-hydrogen) atoms. The van der Waals surface area contributed by atoms with E-state index in [2.05, 4.69) is 16.3 Å². The minimum Gasteiger partial charge on any atom is -0.325 e. The summed E-state index contributed by atoms with van der Waals surface area (Å²) in [4.78, 5) is 0. The first-order chi connectivity index (χ1) is 7.20. The van der Waals surface area contributed by atoms with Gasteiger partial charge in [0.2, 0.25) is 0 Å². The van der Waals surface area contributed by atoms with Crippen LogP contribution in [0.5, 0.6) is 0 Å². The topological polar surface area (TPSA) is 61.7 Å². The molecule has 0 amide bonds. The minimum atomic E-state index is 0.511. The molecule has 0 aliphatic carbocycles. The van der Waals surface area contributed by atoms with Gasteiger partial charge in [-0.05, 0) is 19.1 Å². The van der Waals surface area contributed by atoms with E-state index < -0.39 is 0 Å². The molecule has 2 aromatic rings. The molecule has 2 heterocycles. The van der Waals surface area contributed by atoms with E-state index in [0.717, 1.165) is 23.6 Å². The van der Waals surface area contributed by atoms with Crippen LogP contribution in [0.4, 0.5) is 0 Å². The van der Waals surface area contributed by atoms with Crippen molar-refractivity contribution >= 4 is 0 Å². The Morgan fingerprint density at radius 3 is 2.80 bits per heavy atom. The van der Waals surface area contributed by atoms with Crippen LogP contribution in [-0.4, -0.2) is 19.6 Å². The van der Waals surface area contributed by atoms with Gasteiger partial charge in [-0.3, -0.25) is 9.36 Å². The highest BCUT2D eigenvalue weighted by atomic mass is 15.3. The van der Waals surface area contributed by atoms with Crippen LogP contribution < -0.4 is 5.73 Å². The Bertz CT molecular complexity index is 454. The summed E-state index contributed by atoms with van der Waals surface area (Å²) in [6.45, 7) is 3.21. The molecule has 0 aliphatic heterocycles. The van der Waals surface area contributed by atoms with Gasteiger partial charge in [0, 0.05) is 19.8 Å². The van der Waals surface area contributed by atoms with E-state index >= 15 is 0 Å². The molecule has 5 heteroatoms. The van der Waals surface area contributed by atoms with Gasteiger partial charge in [0.1, 0.15) is 0 Å². The summed E-state index contributed by atoms with van der Waals surface area (Å²) in [7, 11) is 1.94. The van der Waals surface area contributed by atoms with Crippen LogP contribution >= 0.6 is 0 Å². The number of nitrogens with two attached hydrogens (primary N) is 1. The maximum atomic E-state index is 5.61. The molecule has 80 valence electrons. The number of nitrogens with zero attached hydrogens (tertiary/aromatic N) is 4. The van der Waals surface area contributed by atoms with E-state index in [0.29, 0.717) is 6.54 Å². The quantitative estimate of drug-likeness (QED) is 0.790. The normalized spacial score (nSPS) is 10.9. The lowest BCUT2D eigenvalue weighted by Crippen LogP contribution is -2.12. The first kappa shape index (κ1) is 9.92. The number of hydrogen-bond acceptors (Lipinski definition) is 3. The highest BCUT2D eigenvalue weighted by Crippen LogP contribution is 2.06. The van der Waals surface area contributed by atoms with Gasteiger partial charge in [0.25, 0.3) is 0 Å². The van der Waals surface area contributed by atoms with E-state index in [-0.39, 0.29) is 0 Å². The Labute approximate surface area is 88.5 Å². The summed E-state index contributed by atoms with van der Waals surface area (Å²) in [6.07, 6.45) is 1.77. The summed E-state index contributed by atoms with van der Waals surface area (Å²) < 4.78 is 3.77. The molecular formula is C10H15N5. The molecule has 2 aromatic heterocycles. The van der Waals surface area contributed by atoms with Crippen molar-refractivity contribution < 1.29 is 0 Å². The Hall–Kier alpha value is -1.62. The van der Waals surface area contributed by atoms with Crippen LogP contribution in [0, 0.1) is 6.92 Å². The maximum Gasteiger partial charge on any atom is 0.0831 e. The van der Waals surface area contributed by atoms with Gasteiger partial charge in [-0.1, -0.05) is 0 Å². The smallest absolute Gasteiger partial charge is 0.0831 e. The second kappa shape index (κ2) is 3.86. The second-order valence-corrected chi connectivity index (χ2v) is 3.58. The number of hydrogen-bond donors (Lipinski definition) is 1. The summed E-state index contributed by atoms with van der Waals surface area (Å²) in [6, 6.07) is 3.99. The Balaban J connectivity index is 2.25. The van der Waals surface area contributed by atoms with Gasteiger partial charge in [0.05, 0.1) is 23.6 Å². The van der Waals surface area contributed by atoms with Crippen molar-refractivity contribution in [2.75, 3.05) is 0 Å². The minimum absolute atomic E-state index is 0.511. The third kappa shape index (κ3) is 1.92. The van der Waals surface area contributed by atoms with E-state index in [1.165, 1.54) is 0 Å². The molecule has 0 spiro atoms. The average Bonchev–Trinajstić information content (AvgIpc) is 2.74.